The van der Waals surface area contributed by atoms with Crippen molar-refractivity contribution in [1.82, 2.24) is 9.80 Å². The number of rotatable bonds is 1. The summed E-state index contributed by atoms with van der Waals surface area (Å²) in [5, 5.41) is 9.05. The third-order valence-corrected chi connectivity index (χ3v) is 5.60. The van der Waals surface area contributed by atoms with E-state index in [2.05, 4.69) is 4.90 Å². The summed E-state index contributed by atoms with van der Waals surface area (Å²) in [5.74, 6) is -0.279. The quantitative estimate of drug-likeness (QED) is 0.808. The van der Waals surface area contributed by atoms with E-state index in [4.69, 9.17) is 5.11 Å². The molecule has 1 saturated carbocycles. The maximum atomic E-state index is 12.8. The topological polar surface area (TPSA) is 60.9 Å². The third-order valence-electron chi connectivity index (χ3n) is 5.60. The van der Waals surface area contributed by atoms with Gasteiger partial charge in [0, 0.05) is 25.7 Å². The summed E-state index contributed by atoms with van der Waals surface area (Å²) in [6.07, 6.45) is 8.58. The van der Waals surface area contributed by atoms with Gasteiger partial charge in [0.25, 0.3) is 0 Å². The first-order valence-electron chi connectivity index (χ1n) is 8.45. The Morgan fingerprint density at radius 3 is 2.24 bits per heavy atom. The summed E-state index contributed by atoms with van der Waals surface area (Å²) >= 11 is 0. The van der Waals surface area contributed by atoms with Crippen molar-refractivity contribution in [1.29, 1.82) is 0 Å². The number of carbonyl (C=O) groups is 2. The first-order valence-corrected chi connectivity index (χ1v) is 8.45. The number of nitrogens with zero attached hydrogens (tertiary/aromatic N) is 2. The molecule has 118 valence electrons. The van der Waals surface area contributed by atoms with Crippen LogP contribution in [0.1, 0.15) is 51.4 Å². The highest BCUT2D eigenvalue weighted by atomic mass is 16.4. The highest BCUT2D eigenvalue weighted by Gasteiger charge is 2.38. The van der Waals surface area contributed by atoms with Crippen LogP contribution in [-0.4, -0.2) is 52.6 Å². The number of amides is 2. The molecule has 5 nitrogen and oxygen atoms in total. The Morgan fingerprint density at radius 1 is 0.857 bits per heavy atom. The Labute approximate surface area is 126 Å². The fraction of sp³-hybridized carbons (Fsp3) is 0.875. The summed E-state index contributed by atoms with van der Waals surface area (Å²) in [5.41, 5.74) is 0. The van der Waals surface area contributed by atoms with Gasteiger partial charge in [0.1, 0.15) is 0 Å². The summed E-state index contributed by atoms with van der Waals surface area (Å²) in [4.78, 5) is 27.8. The van der Waals surface area contributed by atoms with E-state index in [1.807, 2.05) is 4.90 Å². The van der Waals surface area contributed by atoms with Gasteiger partial charge in [-0.2, -0.15) is 0 Å². The second-order valence-corrected chi connectivity index (χ2v) is 6.83. The number of hydrogen-bond donors (Lipinski definition) is 1. The van der Waals surface area contributed by atoms with Crippen molar-refractivity contribution in [2.24, 2.45) is 11.8 Å². The minimum absolute atomic E-state index is 0.162. The zero-order valence-corrected chi connectivity index (χ0v) is 12.7. The fourth-order valence-corrected chi connectivity index (χ4v) is 4.36. The molecule has 1 aliphatic carbocycles. The van der Waals surface area contributed by atoms with Crippen molar-refractivity contribution in [2.45, 2.75) is 57.4 Å². The molecule has 21 heavy (non-hydrogen) atoms. The molecular weight excluding hydrogens is 268 g/mol. The zero-order chi connectivity index (χ0) is 14.8. The molecule has 2 atom stereocenters. The van der Waals surface area contributed by atoms with E-state index in [1.54, 1.807) is 0 Å². The summed E-state index contributed by atoms with van der Waals surface area (Å²) < 4.78 is 0. The molecule has 0 spiro atoms. The zero-order valence-electron chi connectivity index (χ0n) is 12.7. The first kappa shape index (κ1) is 14.7. The first-order chi connectivity index (χ1) is 10.2. The number of carboxylic acids is 1. The van der Waals surface area contributed by atoms with Crippen LogP contribution < -0.4 is 0 Å². The van der Waals surface area contributed by atoms with Gasteiger partial charge in [-0.25, -0.2) is 4.79 Å². The highest BCUT2D eigenvalue weighted by molar-refractivity contribution is 5.76. The van der Waals surface area contributed by atoms with Gasteiger partial charge < -0.3 is 14.9 Å². The number of aliphatic carboxylic acids is 1. The molecule has 0 aromatic carbocycles. The van der Waals surface area contributed by atoms with Crippen LogP contribution in [0.2, 0.25) is 0 Å². The molecule has 0 bridgehead atoms. The second-order valence-electron chi connectivity index (χ2n) is 6.83. The minimum Gasteiger partial charge on any atom is -0.481 e. The van der Waals surface area contributed by atoms with E-state index in [1.165, 1.54) is 25.7 Å². The SMILES string of the molecule is O=C(O)C1CCN(C(=O)N2CCC[C@H]3CCCC[C@H]32)CC1. The van der Waals surface area contributed by atoms with Crippen LogP contribution in [0.4, 0.5) is 4.79 Å². The van der Waals surface area contributed by atoms with Crippen LogP contribution in [0.5, 0.6) is 0 Å². The van der Waals surface area contributed by atoms with Gasteiger partial charge in [-0.05, 0) is 44.4 Å². The lowest BCUT2D eigenvalue weighted by Gasteiger charge is -2.46. The van der Waals surface area contributed by atoms with Crippen LogP contribution in [0, 0.1) is 11.8 Å². The van der Waals surface area contributed by atoms with Crippen LogP contribution in [-0.2, 0) is 4.79 Å². The largest absolute Gasteiger partial charge is 0.481 e. The van der Waals surface area contributed by atoms with E-state index in [9.17, 15) is 9.59 Å². The van der Waals surface area contributed by atoms with Gasteiger partial charge in [-0.1, -0.05) is 12.8 Å². The molecule has 0 unspecified atom stereocenters. The highest BCUT2D eigenvalue weighted by Crippen LogP contribution is 2.36. The van der Waals surface area contributed by atoms with Crippen LogP contribution >= 0.6 is 0 Å². The minimum atomic E-state index is -0.715. The van der Waals surface area contributed by atoms with Crippen LogP contribution in [0.25, 0.3) is 0 Å². The molecule has 3 aliphatic rings. The van der Waals surface area contributed by atoms with Gasteiger partial charge in [-0.3, -0.25) is 4.79 Å². The molecular formula is C16H26N2O3. The molecule has 5 heteroatoms. The number of fused-ring (bicyclic) bond motifs is 1. The van der Waals surface area contributed by atoms with Crippen molar-refractivity contribution in [2.75, 3.05) is 19.6 Å². The monoisotopic (exact) mass is 294 g/mol. The number of carbonyl (C=O) groups excluding carboxylic acids is 1. The van der Waals surface area contributed by atoms with Gasteiger partial charge in [0.2, 0.25) is 0 Å². The third kappa shape index (κ3) is 3.01. The molecule has 0 aromatic heterocycles. The lowest BCUT2D eigenvalue weighted by Crippen LogP contribution is -2.55. The molecule has 2 amide bonds. The van der Waals surface area contributed by atoms with E-state index >= 15 is 0 Å². The Kier molecular flexibility index (Phi) is 4.36. The molecule has 2 saturated heterocycles. The molecule has 3 rings (SSSR count). The fourth-order valence-electron chi connectivity index (χ4n) is 4.36. The number of carboxylic acid groups (broad SMARTS) is 1. The van der Waals surface area contributed by atoms with Gasteiger partial charge >= 0.3 is 12.0 Å². The number of likely N-dealkylation sites (tertiary alicyclic amines) is 2. The molecule has 0 radical (unpaired) electrons. The second kappa shape index (κ2) is 6.24. The van der Waals surface area contributed by atoms with Gasteiger partial charge in [-0.15, -0.1) is 0 Å². The van der Waals surface area contributed by atoms with Crippen molar-refractivity contribution < 1.29 is 14.7 Å². The lowest BCUT2D eigenvalue weighted by molar-refractivity contribution is -0.143. The number of urea groups is 1. The Hall–Kier alpha value is -1.26. The average Bonchev–Trinajstić information content (AvgIpc) is 2.53. The molecule has 3 fully saturated rings. The molecule has 2 aliphatic heterocycles. The molecule has 0 aromatic rings. The van der Waals surface area contributed by atoms with Crippen molar-refractivity contribution >= 4 is 12.0 Å². The van der Waals surface area contributed by atoms with E-state index in [0.29, 0.717) is 37.9 Å². The van der Waals surface area contributed by atoms with Crippen LogP contribution in [0.3, 0.4) is 0 Å². The normalized spacial score (nSPS) is 30.9. The van der Waals surface area contributed by atoms with Gasteiger partial charge in [0.05, 0.1) is 5.92 Å². The standard InChI is InChI=1S/C16H26N2O3/c19-15(20)13-7-10-17(11-8-13)16(21)18-9-3-5-12-4-1-2-6-14(12)18/h12-14H,1-11H2,(H,19,20)/t12-,14-/m1/s1. The van der Waals surface area contributed by atoms with E-state index < -0.39 is 5.97 Å². The maximum Gasteiger partial charge on any atom is 0.320 e. The molecule has 2 heterocycles. The molecule has 1 N–H and O–H groups in total. The number of piperidine rings is 2. The Morgan fingerprint density at radius 2 is 1.52 bits per heavy atom. The van der Waals surface area contributed by atoms with Crippen molar-refractivity contribution in [3.8, 4) is 0 Å². The van der Waals surface area contributed by atoms with Crippen molar-refractivity contribution in [3.05, 3.63) is 0 Å². The summed E-state index contributed by atoms with van der Waals surface area (Å²) in [6, 6.07) is 0.604. The van der Waals surface area contributed by atoms with Gasteiger partial charge in [0.15, 0.2) is 0 Å². The predicted molar refractivity (Wildman–Crippen MR) is 79.0 cm³/mol. The summed E-state index contributed by atoms with van der Waals surface area (Å²) in [6.45, 7) is 2.09. The number of hydrogen-bond acceptors (Lipinski definition) is 2. The van der Waals surface area contributed by atoms with E-state index in [0.717, 1.165) is 19.4 Å². The lowest BCUT2D eigenvalue weighted by atomic mass is 9.78. The smallest absolute Gasteiger partial charge is 0.320 e. The summed E-state index contributed by atoms with van der Waals surface area (Å²) in [7, 11) is 0. The predicted octanol–water partition coefficient (Wildman–Crippen LogP) is 2.56. The Bertz CT molecular complexity index is 402. The van der Waals surface area contributed by atoms with E-state index in [-0.39, 0.29) is 11.9 Å². The average molecular weight is 294 g/mol. The van der Waals surface area contributed by atoms with Crippen LogP contribution in [0.15, 0.2) is 0 Å². The van der Waals surface area contributed by atoms with Crippen molar-refractivity contribution in [3.63, 3.8) is 0 Å². The Balaban J connectivity index is 1.61. The maximum absolute atomic E-state index is 12.8.